The van der Waals surface area contributed by atoms with Crippen molar-refractivity contribution in [2.75, 3.05) is 0 Å². The largest absolute Gasteiger partial charge is 0.364 e. The fourth-order valence-electron chi connectivity index (χ4n) is 6.45. The molecule has 3 rings (SSSR count). The van der Waals surface area contributed by atoms with E-state index in [1.165, 1.54) is 25.7 Å². The van der Waals surface area contributed by atoms with Crippen LogP contribution in [0.2, 0.25) is 0 Å². The van der Waals surface area contributed by atoms with E-state index in [-0.39, 0.29) is 16.9 Å². The van der Waals surface area contributed by atoms with Gasteiger partial charge in [-0.1, -0.05) is 33.3 Å². The number of carbonyl (C=O) groups excluding carboxylic acids is 1. The lowest BCUT2D eigenvalue weighted by Gasteiger charge is -2.64. The minimum atomic E-state index is -0.490. The summed E-state index contributed by atoms with van der Waals surface area (Å²) in [5.41, 5.74) is -0.380. The molecular weight excluding hydrogens is 272 g/mol. The molecule has 2 aliphatic carbocycles. The molecule has 0 aromatic rings. The first kappa shape index (κ1) is 16.2. The maximum absolute atomic E-state index is 13.2. The summed E-state index contributed by atoms with van der Waals surface area (Å²) in [6.45, 7) is 15.3. The van der Waals surface area contributed by atoms with E-state index in [2.05, 4.69) is 34.3 Å². The molecule has 0 amide bonds. The molecule has 0 aromatic heterocycles. The summed E-state index contributed by atoms with van der Waals surface area (Å²) in [7, 11) is 0. The molecule has 0 unspecified atom stereocenters. The Balaban J connectivity index is 2.03. The normalized spacial score (nSPS) is 50.9. The molecule has 1 saturated heterocycles. The Labute approximate surface area is 135 Å². The minimum Gasteiger partial charge on any atom is -0.364 e. The highest BCUT2D eigenvalue weighted by Gasteiger charge is 2.64. The number of hydrogen-bond donors (Lipinski definition) is 0. The zero-order valence-corrected chi connectivity index (χ0v) is 15.0. The van der Waals surface area contributed by atoms with Crippen molar-refractivity contribution in [3.8, 4) is 0 Å². The van der Waals surface area contributed by atoms with Crippen LogP contribution >= 0.6 is 0 Å². The van der Waals surface area contributed by atoms with Gasteiger partial charge in [-0.25, -0.2) is 0 Å². The molecule has 0 radical (unpaired) electrons. The molecular formula is C20H32O2. The predicted molar refractivity (Wildman–Crippen MR) is 89.7 cm³/mol. The van der Waals surface area contributed by atoms with Crippen LogP contribution in [-0.2, 0) is 9.53 Å². The van der Waals surface area contributed by atoms with E-state index in [0.717, 1.165) is 6.42 Å². The molecule has 3 aliphatic rings. The van der Waals surface area contributed by atoms with Gasteiger partial charge in [0.05, 0.1) is 17.1 Å². The zero-order valence-electron chi connectivity index (χ0n) is 15.0. The average Bonchev–Trinajstić information content (AvgIpc) is 2.35. The molecule has 1 aliphatic heterocycles. The van der Waals surface area contributed by atoms with Crippen molar-refractivity contribution in [2.24, 2.45) is 22.7 Å². The van der Waals surface area contributed by atoms with Crippen molar-refractivity contribution in [1.82, 2.24) is 0 Å². The molecule has 0 N–H and O–H groups in total. The second kappa shape index (κ2) is 4.69. The van der Waals surface area contributed by atoms with Crippen molar-refractivity contribution in [1.29, 1.82) is 0 Å². The summed E-state index contributed by atoms with van der Waals surface area (Å²) >= 11 is 0. The number of Topliss-reactive ketones (excluding diaryl/α,β-unsaturated/α-hetero) is 1. The van der Waals surface area contributed by atoms with E-state index in [9.17, 15) is 4.79 Å². The van der Waals surface area contributed by atoms with Crippen molar-refractivity contribution >= 4 is 5.78 Å². The van der Waals surface area contributed by atoms with E-state index in [1.54, 1.807) is 0 Å². The van der Waals surface area contributed by atoms with Crippen LogP contribution in [0.15, 0.2) is 12.7 Å². The molecule has 0 spiro atoms. The van der Waals surface area contributed by atoms with Crippen molar-refractivity contribution in [2.45, 2.75) is 84.3 Å². The van der Waals surface area contributed by atoms with E-state index in [1.807, 2.05) is 13.0 Å². The number of hydrogen-bond acceptors (Lipinski definition) is 2. The summed E-state index contributed by atoms with van der Waals surface area (Å²) in [6.07, 6.45) is 8.18. The van der Waals surface area contributed by atoms with Crippen LogP contribution < -0.4 is 0 Å². The Morgan fingerprint density at radius 2 is 1.82 bits per heavy atom. The first-order valence-electron chi connectivity index (χ1n) is 8.93. The van der Waals surface area contributed by atoms with Crippen molar-refractivity contribution in [3.63, 3.8) is 0 Å². The maximum atomic E-state index is 13.2. The van der Waals surface area contributed by atoms with Gasteiger partial charge in [0.1, 0.15) is 5.78 Å². The third-order valence-corrected chi connectivity index (χ3v) is 7.22. The van der Waals surface area contributed by atoms with Crippen molar-refractivity contribution < 1.29 is 9.53 Å². The summed E-state index contributed by atoms with van der Waals surface area (Å²) in [4.78, 5) is 13.2. The van der Waals surface area contributed by atoms with Gasteiger partial charge in [0.25, 0.3) is 0 Å². The predicted octanol–water partition coefficient (Wildman–Crippen LogP) is 4.92. The van der Waals surface area contributed by atoms with Gasteiger partial charge in [0.2, 0.25) is 0 Å². The van der Waals surface area contributed by atoms with Gasteiger partial charge in [-0.05, 0) is 56.3 Å². The third-order valence-electron chi connectivity index (χ3n) is 7.22. The topological polar surface area (TPSA) is 26.3 Å². The highest BCUT2D eigenvalue weighted by atomic mass is 16.5. The monoisotopic (exact) mass is 304 g/mol. The Morgan fingerprint density at radius 1 is 1.14 bits per heavy atom. The van der Waals surface area contributed by atoms with Gasteiger partial charge in [0.15, 0.2) is 0 Å². The Hall–Kier alpha value is -0.630. The van der Waals surface area contributed by atoms with Crippen LogP contribution in [0.3, 0.4) is 0 Å². The smallest absolute Gasteiger partial charge is 0.142 e. The maximum Gasteiger partial charge on any atom is 0.142 e. The summed E-state index contributed by atoms with van der Waals surface area (Å²) in [6, 6.07) is 0. The highest BCUT2D eigenvalue weighted by molar-refractivity contribution is 5.85. The van der Waals surface area contributed by atoms with Gasteiger partial charge in [-0.15, -0.1) is 6.58 Å². The molecule has 3 fully saturated rings. The number of fused-ring (bicyclic) bond motifs is 3. The number of rotatable bonds is 1. The van der Waals surface area contributed by atoms with Gasteiger partial charge >= 0.3 is 0 Å². The lowest BCUT2D eigenvalue weighted by atomic mass is 9.44. The SMILES string of the molecule is C=C[C@@]1(C)CC(=O)[C@@H]2[C@@]3(C)CCCC(C)(C)[C@@H]3CC[C@@]2(C)O1. The molecule has 124 valence electrons. The van der Waals surface area contributed by atoms with Crippen LogP contribution in [0.25, 0.3) is 0 Å². The van der Waals surface area contributed by atoms with Gasteiger partial charge in [-0.2, -0.15) is 0 Å². The second-order valence-corrected chi connectivity index (χ2v) is 9.45. The van der Waals surface area contributed by atoms with E-state index in [4.69, 9.17) is 4.74 Å². The molecule has 22 heavy (non-hydrogen) atoms. The highest BCUT2D eigenvalue weighted by Crippen LogP contribution is 2.64. The van der Waals surface area contributed by atoms with E-state index in [0.29, 0.717) is 23.5 Å². The first-order valence-corrected chi connectivity index (χ1v) is 8.93. The zero-order chi connectivity index (χ0) is 16.4. The molecule has 2 nitrogen and oxygen atoms in total. The standard InChI is InChI=1S/C20H32O2/c1-7-18(4)13-14(21)16-19(5)11-8-10-17(2,3)15(19)9-12-20(16,6)22-18/h7,15-16H,1,8-13H2,2-6H3/t15-,16+,18-,19-,20+/m0/s1. The lowest BCUT2D eigenvalue weighted by Crippen LogP contribution is -2.65. The van der Waals surface area contributed by atoms with Crippen LogP contribution in [0.5, 0.6) is 0 Å². The molecule has 2 heteroatoms. The minimum absolute atomic E-state index is 0.0475. The van der Waals surface area contributed by atoms with Crippen molar-refractivity contribution in [3.05, 3.63) is 12.7 Å². The average molecular weight is 304 g/mol. The molecule has 5 atom stereocenters. The third kappa shape index (κ3) is 2.13. The lowest BCUT2D eigenvalue weighted by molar-refractivity contribution is -0.240. The Bertz CT molecular complexity index is 508. The van der Waals surface area contributed by atoms with Crippen LogP contribution in [0, 0.1) is 22.7 Å². The second-order valence-electron chi connectivity index (χ2n) is 9.45. The fourth-order valence-corrected chi connectivity index (χ4v) is 6.45. The fraction of sp³-hybridized carbons (Fsp3) is 0.850. The first-order chi connectivity index (χ1) is 10.1. The summed E-state index contributed by atoms with van der Waals surface area (Å²) in [5, 5.41) is 0. The number of ether oxygens (including phenoxy) is 1. The van der Waals surface area contributed by atoms with Crippen LogP contribution in [0.1, 0.15) is 73.1 Å². The molecule has 2 saturated carbocycles. The van der Waals surface area contributed by atoms with Crippen LogP contribution in [0.4, 0.5) is 0 Å². The molecule has 0 aromatic carbocycles. The number of carbonyl (C=O) groups is 1. The Kier molecular flexibility index (Phi) is 3.46. The van der Waals surface area contributed by atoms with Crippen LogP contribution in [-0.4, -0.2) is 17.0 Å². The van der Waals surface area contributed by atoms with Gasteiger partial charge in [-0.3, -0.25) is 4.79 Å². The summed E-state index contributed by atoms with van der Waals surface area (Å²) < 4.78 is 6.53. The van der Waals surface area contributed by atoms with E-state index < -0.39 is 5.60 Å². The number of ketones is 1. The molecule has 1 heterocycles. The van der Waals surface area contributed by atoms with Gasteiger partial charge < -0.3 is 4.74 Å². The molecule has 0 bridgehead atoms. The van der Waals surface area contributed by atoms with Gasteiger partial charge in [0, 0.05) is 6.42 Å². The quantitative estimate of drug-likeness (QED) is 0.643. The summed E-state index contributed by atoms with van der Waals surface area (Å²) in [5.74, 6) is 1.08. The Morgan fingerprint density at radius 3 is 2.45 bits per heavy atom. The van der Waals surface area contributed by atoms with E-state index >= 15 is 0 Å².